The number of pyridine rings is 1. The molecule has 0 spiro atoms. The number of hydrogen-bond donors (Lipinski definition) is 1. The van der Waals surface area contributed by atoms with Crippen LogP contribution in [0.1, 0.15) is 23.2 Å². The third kappa shape index (κ3) is 2.89. The van der Waals surface area contributed by atoms with Crippen molar-refractivity contribution in [1.82, 2.24) is 9.88 Å². The monoisotopic (exact) mass is 274 g/mol. The fourth-order valence-corrected chi connectivity index (χ4v) is 2.13. The topological polar surface area (TPSA) is 53.4 Å². The van der Waals surface area contributed by atoms with Crippen molar-refractivity contribution in [3.8, 4) is 0 Å². The number of amides is 1. The van der Waals surface area contributed by atoms with E-state index in [1.54, 1.807) is 4.90 Å². The van der Waals surface area contributed by atoms with Crippen molar-refractivity contribution in [1.29, 1.82) is 0 Å². The molecule has 1 atom stereocenters. The smallest absolute Gasteiger partial charge is 0.255 e. The summed E-state index contributed by atoms with van der Waals surface area (Å²) in [4.78, 5) is 17.5. The number of hydrogen-bond acceptors (Lipinski definition) is 3. The molecule has 2 rings (SSSR count). The summed E-state index contributed by atoms with van der Waals surface area (Å²) in [6.45, 7) is 1.01. The molecule has 92 valence electrons. The molecule has 1 unspecified atom stereocenters. The van der Waals surface area contributed by atoms with Crippen molar-refractivity contribution in [2.45, 2.75) is 18.9 Å². The van der Waals surface area contributed by atoms with Crippen molar-refractivity contribution < 1.29 is 9.90 Å². The Morgan fingerprint density at radius 2 is 2.29 bits per heavy atom. The van der Waals surface area contributed by atoms with E-state index in [4.69, 9.17) is 23.2 Å². The minimum absolute atomic E-state index is 0.171. The largest absolute Gasteiger partial charge is 0.391 e. The first-order valence-electron chi connectivity index (χ1n) is 5.36. The lowest BCUT2D eigenvalue weighted by Gasteiger charge is -2.30. The maximum absolute atomic E-state index is 12.1. The quantitative estimate of drug-likeness (QED) is 0.797. The minimum Gasteiger partial charge on any atom is -0.391 e. The number of likely N-dealkylation sites (tertiary alicyclic amines) is 1. The number of halogens is 2. The van der Waals surface area contributed by atoms with Gasteiger partial charge in [-0.3, -0.25) is 4.79 Å². The number of piperidine rings is 1. The summed E-state index contributed by atoms with van der Waals surface area (Å²) >= 11 is 11.5. The van der Waals surface area contributed by atoms with Crippen LogP contribution in [0.3, 0.4) is 0 Å². The maximum atomic E-state index is 12.1. The Labute approximate surface area is 109 Å². The van der Waals surface area contributed by atoms with Crippen LogP contribution in [0, 0.1) is 0 Å². The molecule has 1 aromatic rings. The van der Waals surface area contributed by atoms with Crippen molar-refractivity contribution in [2.75, 3.05) is 13.1 Å². The minimum atomic E-state index is -0.441. The number of aromatic nitrogens is 1. The molecule has 1 saturated heterocycles. The van der Waals surface area contributed by atoms with Crippen LogP contribution in [0.2, 0.25) is 10.2 Å². The van der Waals surface area contributed by atoms with Gasteiger partial charge < -0.3 is 10.0 Å². The zero-order chi connectivity index (χ0) is 12.4. The van der Waals surface area contributed by atoms with Crippen LogP contribution in [0.15, 0.2) is 12.3 Å². The van der Waals surface area contributed by atoms with Gasteiger partial charge in [0.15, 0.2) is 0 Å². The van der Waals surface area contributed by atoms with Crippen LogP contribution >= 0.6 is 23.2 Å². The summed E-state index contributed by atoms with van der Waals surface area (Å²) in [5.74, 6) is -0.171. The van der Waals surface area contributed by atoms with Gasteiger partial charge in [-0.25, -0.2) is 4.98 Å². The summed E-state index contributed by atoms with van der Waals surface area (Å²) in [5.41, 5.74) is 0.397. The molecule has 1 aliphatic heterocycles. The van der Waals surface area contributed by atoms with E-state index in [2.05, 4.69) is 4.98 Å². The van der Waals surface area contributed by atoms with E-state index in [9.17, 15) is 9.90 Å². The lowest BCUT2D eigenvalue weighted by molar-refractivity contribution is 0.0473. The fourth-order valence-electron chi connectivity index (χ4n) is 1.86. The molecule has 0 aromatic carbocycles. The first kappa shape index (κ1) is 12.6. The maximum Gasteiger partial charge on any atom is 0.255 e. The highest BCUT2D eigenvalue weighted by molar-refractivity contribution is 6.41. The van der Waals surface area contributed by atoms with Gasteiger partial charge in [0.05, 0.1) is 16.7 Å². The number of nitrogens with zero attached hydrogens (tertiary/aromatic N) is 2. The third-order valence-corrected chi connectivity index (χ3v) is 3.41. The zero-order valence-electron chi connectivity index (χ0n) is 9.07. The van der Waals surface area contributed by atoms with Gasteiger partial charge in [-0.1, -0.05) is 23.2 Å². The second-order valence-electron chi connectivity index (χ2n) is 4.04. The van der Waals surface area contributed by atoms with Gasteiger partial charge >= 0.3 is 0 Å². The van der Waals surface area contributed by atoms with Crippen molar-refractivity contribution >= 4 is 29.1 Å². The molecule has 4 nitrogen and oxygen atoms in total. The molecule has 6 heteroatoms. The summed E-state index contributed by atoms with van der Waals surface area (Å²) < 4.78 is 0. The number of carbonyl (C=O) groups is 1. The SMILES string of the molecule is O=C(c1cnc(Cl)c(Cl)c1)N1CCCC(O)C1. The van der Waals surface area contributed by atoms with Crippen LogP contribution in [0.4, 0.5) is 0 Å². The normalized spacial score (nSPS) is 20.4. The van der Waals surface area contributed by atoms with Gasteiger partial charge in [0.25, 0.3) is 5.91 Å². The molecule has 1 amide bonds. The van der Waals surface area contributed by atoms with Crippen LogP contribution in [0.25, 0.3) is 0 Å². The highest BCUT2D eigenvalue weighted by Gasteiger charge is 2.23. The van der Waals surface area contributed by atoms with Crippen LogP contribution in [0.5, 0.6) is 0 Å². The molecule has 0 saturated carbocycles. The Kier molecular flexibility index (Phi) is 3.86. The van der Waals surface area contributed by atoms with E-state index >= 15 is 0 Å². The molecule has 1 aliphatic rings. The van der Waals surface area contributed by atoms with Crippen LogP contribution in [-0.4, -0.2) is 40.1 Å². The first-order chi connectivity index (χ1) is 8.08. The predicted octanol–water partition coefficient (Wildman–Crippen LogP) is 1.99. The summed E-state index contributed by atoms with van der Waals surface area (Å²) in [5, 5.41) is 9.96. The molecular weight excluding hydrogens is 263 g/mol. The third-order valence-electron chi connectivity index (χ3n) is 2.73. The number of carbonyl (C=O) groups excluding carboxylic acids is 1. The Hall–Kier alpha value is -0.840. The Morgan fingerprint density at radius 1 is 1.53 bits per heavy atom. The van der Waals surface area contributed by atoms with E-state index in [0.717, 1.165) is 12.8 Å². The molecule has 0 bridgehead atoms. The summed E-state index contributed by atoms with van der Waals surface area (Å²) in [7, 11) is 0. The second kappa shape index (κ2) is 5.21. The highest BCUT2D eigenvalue weighted by atomic mass is 35.5. The molecule has 1 aromatic heterocycles. The lowest BCUT2D eigenvalue weighted by atomic mass is 10.1. The molecule has 1 N–H and O–H groups in total. The number of aliphatic hydroxyl groups is 1. The van der Waals surface area contributed by atoms with Crippen LogP contribution in [-0.2, 0) is 0 Å². The van der Waals surface area contributed by atoms with Gasteiger partial charge in [0, 0.05) is 19.3 Å². The van der Waals surface area contributed by atoms with Gasteiger partial charge in [0.1, 0.15) is 5.15 Å². The molecule has 17 heavy (non-hydrogen) atoms. The predicted molar refractivity (Wildman–Crippen MR) is 65.4 cm³/mol. The van der Waals surface area contributed by atoms with Gasteiger partial charge in [0.2, 0.25) is 0 Å². The van der Waals surface area contributed by atoms with E-state index in [-0.39, 0.29) is 16.1 Å². The first-order valence-corrected chi connectivity index (χ1v) is 6.12. The molecule has 0 aliphatic carbocycles. The van der Waals surface area contributed by atoms with Gasteiger partial charge in [-0.05, 0) is 18.9 Å². The molecular formula is C11H12Cl2N2O2. The van der Waals surface area contributed by atoms with E-state index in [1.807, 2.05) is 0 Å². The van der Waals surface area contributed by atoms with Crippen molar-refractivity contribution in [2.24, 2.45) is 0 Å². The summed E-state index contributed by atoms with van der Waals surface area (Å²) in [6, 6.07) is 1.50. The second-order valence-corrected chi connectivity index (χ2v) is 4.81. The van der Waals surface area contributed by atoms with Gasteiger partial charge in [-0.2, -0.15) is 0 Å². The number of β-amino-alcohol motifs (C(OH)–C–C–N with tert-alkyl or cyclic N) is 1. The van der Waals surface area contributed by atoms with E-state index < -0.39 is 6.10 Å². The zero-order valence-corrected chi connectivity index (χ0v) is 10.6. The number of aliphatic hydroxyl groups excluding tert-OH is 1. The molecule has 2 heterocycles. The van der Waals surface area contributed by atoms with Gasteiger partial charge in [-0.15, -0.1) is 0 Å². The van der Waals surface area contributed by atoms with Crippen LogP contribution < -0.4 is 0 Å². The van der Waals surface area contributed by atoms with E-state index in [1.165, 1.54) is 12.3 Å². The van der Waals surface area contributed by atoms with Crippen molar-refractivity contribution in [3.63, 3.8) is 0 Å². The molecule has 1 fully saturated rings. The average molecular weight is 275 g/mol. The Morgan fingerprint density at radius 3 is 2.94 bits per heavy atom. The number of rotatable bonds is 1. The average Bonchev–Trinajstić information content (AvgIpc) is 2.32. The standard InChI is InChI=1S/C11H12Cl2N2O2/c12-9-4-7(5-14-10(9)13)11(17)15-3-1-2-8(16)6-15/h4-5,8,16H,1-3,6H2. The Bertz CT molecular complexity index is 439. The fraction of sp³-hybridized carbons (Fsp3) is 0.455. The van der Waals surface area contributed by atoms with Crippen molar-refractivity contribution in [3.05, 3.63) is 28.0 Å². The molecule has 0 radical (unpaired) electrons. The Balaban J connectivity index is 2.15. The lowest BCUT2D eigenvalue weighted by Crippen LogP contribution is -2.42. The van der Waals surface area contributed by atoms with E-state index in [0.29, 0.717) is 18.7 Å². The highest BCUT2D eigenvalue weighted by Crippen LogP contribution is 2.21. The summed E-state index contributed by atoms with van der Waals surface area (Å²) in [6.07, 6.45) is 2.51.